The van der Waals surface area contributed by atoms with Gasteiger partial charge in [0.2, 0.25) is 0 Å². The van der Waals surface area contributed by atoms with E-state index in [1.807, 2.05) is 36.4 Å². The largest absolute Gasteiger partial charge is 0.453 e. The van der Waals surface area contributed by atoms with Gasteiger partial charge in [-0.3, -0.25) is 9.89 Å². The second-order valence-electron chi connectivity index (χ2n) is 6.21. The number of hydrogen-bond acceptors (Lipinski definition) is 3. The first-order valence-electron chi connectivity index (χ1n) is 7.39. The molecule has 0 aliphatic carbocycles. The SMILES string of the molecule is CC1(C)CCC(N2c3ccccc3Oc3ccccc32)=N1. The second-order valence-corrected chi connectivity index (χ2v) is 6.21. The molecule has 2 aromatic rings. The number of anilines is 2. The summed E-state index contributed by atoms with van der Waals surface area (Å²) in [7, 11) is 0. The van der Waals surface area contributed by atoms with Crippen molar-refractivity contribution in [2.45, 2.75) is 32.2 Å². The Balaban J connectivity index is 1.90. The van der Waals surface area contributed by atoms with Crippen LogP contribution in [0.1, 0.15) is 26.7 Å². The molecule has 2 heterocycles. The molecule has 4 rings (SSSR count). The molecule has 2 aliphatic rings. The maximum absolute atomic E-state index is 6.02. The van der Waals surface area contributed by atoms with Crippen LogP contribution in [0.3, 0.4) is 0 Å². The van der Waals surface area contributed by atoms with Crippen molar-refractivity contribution < 1.29 is 4.74 Å². The van der Waals surface area contributed by atoms with Gasteiger partial charge in [-0.25, -0.2) is 0 Å². The molecule has 0 saturated carbocycles. The molecule has 106 valence electrons. The average molecular weight is 278 g/mol. The van der Waals surface area contributed by atoms with Crippen molar-refractivity contribution in [1.82, 2.24) is 0 Å². The van der Waals surface area contributed by atoms with Gasteiger partial charge in [-0.1, -0.05) is 24.3 Å². The topological polar surface area (TPSA) is 24.8 Å². The van der Waals surface area contributed by atoms with Gasteiger partial charge in [0.05, 0.1) is 16.9 Å². The quantitative estimate of drug-likeness (QED) is 0.684. The Morgan fingerprint density at radius 1 is 0.952 bits per heavy atom. The lowest BCUT2D eigenvalue weighted by Gasteiger charge is -2.32. The van der Waals surface area contributed by atoms with E-state index in [1.165, 1.54) is 0 Å². The summed E-state index contributed by atoms with van der Waals surface area (Å²) in [5, 5.41) is 0. The lowest BCUT2D eigenvalue weighted by atomic mass is 10.0. The minimum Gasteiger partial charge on any atom is -0.453 e. The predicted molar refractivity (Wildman–Crippen MR) is 85.8 cm³/mol. The summed E-state index contributed by atoms with van der Waals surface area (Å²) in [6.07, 6.45) is 2.08. The molecule has 2 aromatic carbocycles. The van der Waals surface area contributed by atoms with Crippen LogP contribution in [-0.4, -0.2) is 11.4 Å². The third kappa shape index (κ3) is 2.00. The highest BCUT2D eigenvalue weighted by molar-refractivity contribution is 6.08. The third-order valence-electron chi connectivity index (χ3n) is 4.08. The van der Waals surface area contributed by atoms with Crippen molar-refractivity contribution in [1.29, 1.82) is 0 Å². The highest BCUT2D eigenvalue weighted by Crippen LogP contribution is 2.47. The van der Waals surface area contributed by atoms with Gasteiger partial charge in [0.25, 0.3) is 0 Å². The van der Waals surface area contributed by atoms with E-state index < -0.39 is 0 Å². The van der Waals surface area contributed by atoms with Crippen molar-refractivity contribution in [2.75, 3.05) is 4.90 Å². The molecular weight excluding hydrogens is 260 g/mol. The number of amidine groups is 1. The number of rotatable bonds is 0. The molecule has 2 aliphatic heterocycles. The Hall–Kier alpha value is -2.29. The minimum absolute atomic E-state index is 0.0253. The lowest BCUT2D eigenvalue weighted by Crippen LogP contribution is -2.27. The molecular formula is C18H18N2O. The van der Waals surface area contributed by atoms with Crippen LogP contribution in [0.5, 0.6) is 11.5 Å². The number of aliphatic imine (C=N–C) groups is 1. The molecule has 0 saturated heterocycles. The van der Waals surface area contributed by atoms with E-state index in [4.69, 9.17) is 9.73 Å². The molecule has 0 spiro atoms. The summed E-state index contributed by atoms with van der Waals surface area (Å²) in [5.41, 5.74) is 2.18. The van der Waals surface area contributed by atoms with Gasteiger partial charge >= 0.3 is 0 Å². The van der Waals surface area contributed by atoms with Gasteiger partial charge in [0, 0.05) is 6.42 Å². The summed E-state index contributed by atoms with van der Waals surface area (Å²) in [4.78, 5) is 7.18. The van der Waals surface area contributed by atoms with Gasteiger partial charge in [0.15, 0.2) is 11.5 Å². The number of nitrogens with zero attached hydrogens (tertiary/aromatic N) is 2. The van der Waals surface area contributed by atoms with Crippen LogP contribution in [0, 0.1) is 0 Å². The number of ether oxygens (including phenoxy) is 1. The zero-order valence-electron chi connectivity index (χ0n) is 12.3. The first kappa shape index (κ1) is 12.5. The van der Waals surface area contributed by atoms with Crippen molar-refractivity contribution >= 4 is 17.2 Å². The van der Waals surface area contributed by atoms with E-state index >= 15 is 0 Å². The van der Waals surface area contributed by atoms with E-state index in [9.17, 15) is 0 Å². The smallest absolute Gasteiger partial charge is 0.151 e. The predicted octanol–water partition coefficient (Wildman–Crippen LogP) is 4.90. The first-order valence-corrected chi connectivity index (χ1v) is 7.39. The van der Waals surface area contributed by atoms with Crippen LogP contribution >= 0.6 is 0 Å². The normalized spacial score (nSPS) is 18.6. The average Bonchev–Trinajstić information content (AvgIpc) is 2.84. The van der Waals surface area contributed by atoms with Gasteiger partial charge in [-0.2, -0.15) is 0 Å². The molecule has 0 bridgehead atoms. The molecule has 0 fully saturated rings. The highest BCUT2D eigenvalue weighted by Gasteiger charge is 2.33. The standard InChI is InChI=1S/C18H18N2O/c1-18(2)12-11-17(19-18)20-13-7-3-5-9-15(13)21-16-10-6-4-8-14(16)20/h3-10H,11-12H2,1-2H3. The molecule has 0 aromatic heterocycles. The van der Waals surface area contributed by atoms with Gasteiger partial charge in [-0.05, 0) is 44.5 Å². The summed E-state index contributed by atoms with van der Waals surface area (Å²) < 4.78 is 6.02. The number of hydrogen-bond donors (Lipinski definition) is 0. The Kier molecular flexibility index (Phi) is 2.58. The Morgan fingerprint density at radius 3 is 2.05 bits per heavy atom. The van der Waals surface area contributed by atoms with E-state index in [2.05, 4.69) is 30.9 Å². The van der Waals surface area contributed by atoms with Crippen LogP contribution < -0.4 is 9.64 Å². The van der Waals surface area contributed by atoms with E-state index in [-0.39, 0.29) is 5.54 Å². The van der Waals surface area contributed by atoms with E-state index in [0.717, 1.165) is 41.6 Å². The zero-order chi connectivity index (χ0) is 14.4. The number of para-hydroxylation sites is 4. The molecule has 3 heteroatoms. The Bertz CT molecular complexity index is 688. The van der Waals surface area contributed by atoms with Crippen molar-refractivity contribution in [3.8, 4) is 11.5 Å². The van der Waals surface area contributed by atoms with Crippen LogP contribution in [-0.2, 0) is 0 Å². The third-order valence-corrected chi connectivity index (χ3v) is 4.08. The highest BCUT2D eigenvalue weighted by atomic mass is 16.5. The number of fused-ring (bicyclic) bond motifs is 2. The fourth-order valence-electron chi connectivity index (χ4n) is 3.02. The molecule has 0 N–H and O–H groups in total. The van der Waals surface area contributed by atoms with Crippen molar-refractivity contribution in [2.24, 2.45) is 4.99 Å². The van der Waals surface area contributed by atoms with Crippen LogP contribution in [0.15, 0.2) is 53.5 Å². The van der Waals surface area contributed by atoms with Crippen molar-refractivity contribution in [3.05, 3.63) is 48.5 Å². The number of benzene rings is 2. The van der Waals surface area contributed by atoms with Crippen LogP contribution in [0.25, 0.3) is 0 Å². The van der Waals surface area contributed by atoms with Crippen LogP contribution in [0.4, 0.5) is 11.4 Å². The van der Waals surface area contributed by atoms with Gasteiger partial charge in [0.1, 0.15) is 5.84 Å². The molecule has 3 nitrogen and oxygen atoms in total. The maximum atomic E-state index is 6.02. The monoisotopic (exact) mass is 278 g/mol. The fourth-order valence-corrected chi connectivity index (χ4v) is 3.02. The lowest BCUT2D eigenvalue weighted by molar-refractivity contribution is 0.477. The second kappa shape index (κ2) is 4.35. The summed E-state index contributed by atoms with van der Waals surface area (Å²) in [5.74, 6) is 2.91. The van der Waals surface area contributed by atoms with E-state index in [0.29, 0.717) is 0 Å². The fraction of sp³-hybridized carbons (Fsp3) is 0.278. The molecule has 0 atom stereocenters. The molecule has 0 unspecified atom stereocenters. The van der Waals surface area contributed by atoms with Crippen LogP contribution in [0.2, 0.25) is 0 Å². The Labute approximate surface area is 124 Å². The first-order chi connectivity index (χ1) is 10.1. The molecule has 21 heavy (non-hydrogen) atoms. The van der Waals surface area contributed by atoms with Gasteiger partial charge in [-0.15, -0.1) is 0 Å². The van der Waals surface area contributed by atoms with E-state index in [1.54, 1.807) is 0 Å². The Morgan fingerprint density at radius 2 is 1.52 bits per heavy atom. The minimum atomic E-state index is 0.0253. The maximum Gasteiger partial charge on any atom is 0.151 e. The molecule has 0 amide bonds. The zero-order valence-corrected chi connectivity index (χ0v) is 12.3. The van der Waals surface area contributed by atoms with Gasteiger partial charge < -0.3 is 4.74 Å². The van der Waals surface area contributed by atoms with Crippen molar-refractivity contribution in [3.63, 3.8) is 0 Å². The summed E-state index contributed by atoms with van der Waals surface area (Å²) in [6.45, 7) is 4.39. The summed E-state index contributed by atoms with van der Waals surface area (Å²) >= 11 is 0. The molecule has 0 radical (unpaired) electrons. The summed E-state index contributed by atoms with van der Waals surface area (Å²) in [6, 6.07) is 16.3.